The molecule has 1 aromatic rings. The van der Waals surface area contributed by atoms with Gasteiger partial charge in [0, 0.05) is 45.1 Å². The van der Waals surface area contributed by atoms with E-state index in [2.05, 4.69) is 15.2 Å². The summed E-state index contributed by atoms with van der Waals surface area (Å²) in [6.07, 6.45) is 3.54. The first-order valence-corrected chi connectivity index (χ1v) is 7.61. The highest BCUT2D eigenvalue weighted by Gasteiger charge is 2.32. The van der Waals surface area contributed by atoms with E-state index >= 15 is 0 Å². The minimum absolute atomic E-state index is 0.0220. The van der Waals surface area contributed by atoms with Crippen LogP contribution in [0.5, 0.6) is 0 Å². The smallest absolute Gasteiger partial charge is 0.325 e. The molecule has 0 aromatic carbocycles. The van der Waals surface area contributed by atoms with Crippen LogP contribution in [0.2, 0.25) is 0 Å². The second-order valence-corrected chi connectivity index (χ2v) is 5.65. The molecule has 0 atom stereocenters. The van der Waals surface area contributed by atoms with Gasteiger partial charge in [-0.05, 0) is 17.7 Å². The van der Waals surface area contributed by atoms with Crippen molar-refractivity contribution < 1.29 is 14.4 Å². The summed E-state index contributed by atoms with van der Waals surface area (Å²) in [4.78, 5) is 44.2. The van der Waals surface area contributed by atoms with E-state index in [1.54, 1.807) is 17.3 Å². The molecule has 2 fully saturated rings. The number of nitrogens with zero attached hydrogens (tertiary/aromatic N) is 4. The van der Waals surface area contributed by atoms with Crippen LogP contribution >= 0.6 is 0 Å². The number of aromatic nitrogens is 1. The van der Waals surface area contributed by atoms with Crippen molar-refractivity contribution in [2.75, 3.05) is 39.3 Å². The van der Waals surface area contributed by atoms with Gasteiger partial charge in [-0.25, -0.2) is 4.79 Å². The molecule has 3 heterocycles. The van der Waals surface area contributed by atoms with Crippen LogP contribution in [0.3, 0.4) is 0 Å². The molecule has 0 unspecified atom stereocenters. The molecule has 0 bridgehead atoms. The summed E-state index contributed by atoms with van der Waals surface area (Å²) >= 11 is 0. The molecule has 0 spiro atoms. The molecule has 0 radical (unpaired) electrons. The van der Waals surface area contributed by atoms with Crippen molar-refractivity contribution in [2.24, 2.45) is 0 Å². The summed E-state index contributed by atoms with van der Waals surface area (Å²) in [5.74, 6) is -0.529. The van der Waals surface area contributed by atoms with Gasteiger partial charge in [-0.1, -0.05) is 0 Å². The van der Waals surface area contributed by atoms with Crippen LogP contribution in [0.25, 0.3) is 0 Å². The predicted molar refractivity (Wildman–Crippen MR) is 81.2 cm³/mol. The Morgan fingerprint density at radius 1 is 1.13 bits per heavy atom. The topological polar surface area (TPSA) is 85.8 Å². The number of piperazine rings is 1. The van der Waals surface area contributed by atoms with Gasteiger partial charge in [0.1, 0.15) is 6.54 Å². The van der Waals surface area contributed by atoms with E-state index in [9.17, 15) is 14.4 Å². The van der Waals surface area contributed by atoms with Crippen LogP contribution in [0, 0.1) is 0 Å². The Morgan fingerprint density at radius 2 is 1.83 bits per heavy atom. The van der Waals surface area contributed by atoms with Crippen LogP contribution in [0.1, 0.15) is 5.56 Å². The highest BCUT2D eigenvalue weighted by molar-refractivity contribution is 6.04. The van der Waals surface area contributed by atoms with Crippen LogP contribution in [0.4, 0.5) is 4.79 Å². The van der Waals surface area contributed by atoms with E-state index in [0.717, 1.165) is 24.5 Å². The number of pyridine rings is 1. The number of imide groups is 1. The Balaban J connectivity index is 1.48. The Bertz CT molecular complexity index is 582. The molecule has 3 rings (SSSR count). The maximum absolute atomic E-state index is 12.2. The lowest BCUT2D eigenvalue weighted by Gasteiger charge is -2.35. The minimum atomic E-state index is -0.486. The first kappa shape index (κ1) is 15.4. The number of carbonyl (C=O) groups is 3. The second kappa shape index (κ2) is 6.74. The fourth-order valence-corrected chi connectivity index (χ4v) is 2.75. The van der Waals surface area contributed by atoms with E-state index in [0.29, 0.717) is 13.1 Å². The molecule has 0 saturated carbocycles. The predicted octanol–water partition coefficient (Wildman–Crippen LogP) is -0.722. The zero-order chi connectivity index (χ0) is 16.2. The number of hydrogen-bond donors (Lipinski definition) is 1. The molecule has 2 aliphatic heterocycles. The summed E-state index contributed by atoms with van der Waals surface area (Å²) in [5, 5.41) is 2.42. The highest BCUT2D eigenvalue weighted by atomic mass is 16.2. The number of carbonyl (C=O) groups excluding carboxylic acids is 3. The third-order valence-electron chi connectivity index (χ3n) is 4.11. The van der Waals surface area contributed by atoms with Gasteiger partial charge in [0.25, 0.3) is 5.91 Å². The standard InChI is InChI=1S/C15H19N5O3/c21-13-9-17-15(23)20(13)11-14(22)19-7-5-18(6-8-19)10-12-1-3-16-4-2-12/h1-4H,5-11H2,(H,17,23). The quantitative estimate of drug-likeness (QED) is 0.741. The lowest BCUT2D eigenvalue weighted by Crippen LogP contribution is -2.51. The maximum atomic E-state index is 12.2. The second-order valence-electron chi connectivity index (χ2n) is 5.65. The van der Waals surface area contributed by atoms with Gasteiger partial charge in [0.15, 0.2) is 0 Å². The number of amides is 4. The van der Waals surface area contributed by atoms with Crippen LogP contribution in [-0.4, -0.2) is 76.8 Å². The van der Waals surface area contributed by atoms with Crippen molar-refractivity contribution in [3.05, 3.63) is 30.1 Å². The van der Waals surface area contributed by atoms with Crippen molar-refractivity contribution in [1.82, 2.24) is 25.0 Å². The fraction of sp³-hybridized carbons (Fsp3) is 0.467. The van der Waals surface area contributed by atoms with Crippen molar-refractivity contribution in [3.8, 4) is 0 Å². The molecule has 1 aromatic heterocycles. The van der Waals surface area contributed by atoms with E-state index in [1.165, 1.54) is 5.56 Å². The van der Waals surface area contributed by atoms with Gasteiger partial charge in [-0.2, -0.15) is 0 Å². The molecular weight excluding hydrogens is 298 g/mol. The molecule has 8 heteroatoms. The SMILES string of the molecule is O=C(CN1C(=O)CNC1=O)N1CCN(Cc2ccncc2)CC1. The lowest BCUT2D eigenvalue weighted by atomic mass is 10.2. The largest absolute Gasteiger partial charge is 0.339 e. The van der Waals surface area contributed by atoms with Gasteiger partial charge in [-0.3, -0.25) is 24.4 Å². The molecule has 2 saturated heterocycles. The van der Waals surface area contributed by atoms with Gasteiger partial charge < -0.3 is 10.2 Å². The van der Waals surface area contributed by atoms with Crippen molar-refractivity contribution in [3.63, 3.8) is 0 Å². The summed E-state index contributed by atoms with van der Waals surface area (Å²) in [5.41, 5.74) is 1.19. The number of nitrogens with one attached hydrogen (secondary N) is 1. The Kier molecular flexibility index (Phi) is 4.52. The average molecular weight is 317 g/mol. The Hall–Kier alpha value is -2.48. The molecule has 8 nitrogen and oxygen atoms in total. The molecule has 2 aliphatic rings. The van der Waals surface area contributed by atoms with Gasteiger partial charge in [0.05, 0.1) is 6.54 Å². The molecule has 4 amide bonds. The minimum Gasteiger partial charge on any atom is -0.339 e. The molecule has 0 aliphatic carbocycles. The van der Waals surface area contributed by atoms with E-state index in [4.69, 9.17) is 0 Å². The van der Waals surface area contributed by atoms with Crippen LogP contribution < -0.4 is 5.32 Å². The van der Waals surface area contributed by atoms with Gasteiger partial charge in [-0.15, -0.1) is 0 Å². The fourth-order valence-electron chi connectivity index (χ4n) is 2.75. The molecule has 1 N–H and O–H groups in total. The van der Waals surface area contributed by atoms with Crippen LogP contribution in [-0.2, 0) is 16.1 Å². The van der Waals surface area contributed by atoms with E-state index in [-0.39, 0.29) is 24.9 Å². The number of urea groups is 1. The monoisotopic (exact) mass is 317 g/mol. The van der Waals surface area contributed by atoms with Gasteiger partial charge >= 0.3 is 6.03 Å². The van der Waals surface area contributed by atoms with E-state index in [1.807, 2.05) is 12.1 Å². The summed E-state index contributed by atoms with van der Waals surface area (Å²) in [7, 11) is 0. The third kappa shape index (κ3) is 3.65. The Labute approximate surface area is 134 Å². The highest BCUT2D eigenvalue weighted by Crippen LogP contribution is 2.09. The van der Waals surface area contributed by atoms with Crippen molar-refractivity contribution in [1.29, 1.82) is 0 Å². The lowest BCUT2D eigenvalue weighted by molar-refractivity contribution is -0.137. The molecular formula is C15H19N5O3. The third-order valence-corrected chi connectivity index (χ3v) is 4.11. The number of hydrogen-bond acceptors (Lipinski definition) is 5. The van der Waals surface area contributed by atoms with E-state index < -0.39 is 6.03 Å². The maximum Gasteiger partial charge on any atom is 0.325 e. The van der Waals surface area contributed by atoms with Gasteiger partial charge in [0.2, 0.25) is 5.91 Å². The van der Waals surface area contributed by atoms with Crippen molar-refractivity contribution in [2.45, 2.75) is 6.54 Å². The van der Waals surface area contributed by atoms with Crippen LogP contribution in [0.15, 0.2) is 24.5 Å². The zero-order valence-corrected chi connectivity index (χ0v) is 12.8. The number of rotatable bonds is 4. The normalized spacial score (nSPS) is 19.1. The zero-order valence-electron chi connectivity index (χ0n) is 12.8. The summed E-state index contributed by atoms with van der Waals surface area (Å²) < 4.78 is 0. The summed E-state index contributed by atoms with van der Waals surface area (Å²) in [6, 6.07) is 3.48. The summed E-state index contributed by atoms with van der Waals surface area (Å²) in [6.45, 7) is 3.39. The Morgan fingerprint density at radius 3 is 2.43 bits per heavy atom. The molecule has 23 heavy (non-hydrogen) atoms. The first-order chi connectivity index (χ1) is 11.1. The average Bonchev–Trinajstić information content (AvgIpc) is 2.88. The first-order valence-electron chi connectivity index (χ1n) is 7.61. The molecule has 122 valence electrons. The van der Waals surface area contributed by atoms with Crippen molar-refractivity contribution >= 4 is 17.8 Å².